The second-order valence-electron chi connectivity index (χ2n) is 12.9. The number of amides is 2. The topological polar surface area (TPSA) is 122 Å². The predicted molar refractivity (Wildman–Crippen MR) is 181 cm³/mol. The maximum absolute atomic E-state index is 12.9. The quantitative estimate of drug-likeness (QED) is 0.225. The number of methoxy groups -OCH3 is 1. The first-order valence-electron chi connectivity index (χ1n) is 16.8. The van der Waals surface area contributed by atoms with Crippen LogP contribution < -0.4 is 10.1 Å². The maximum Gasteiger partial charge on any atom is 0.323 e. The molecule has 9 nitrogen and oxygen atoms in total. The van der Waals surface area contributed by atoms with Crippen LogP contribution in [0.1, 0.15) is 75.0 Å². The minimum Gasteiger partial charge on any atom is -0.497 e. The number of aliphatic carboxylic acids is 1. The fourth-order valence-electron chi connectivity index (χ4n) is 6.91. The highest BCUT2D eigenvalue weighted by atomic mass is 16.5. The summed E-state index contributed by atoms with van der Waals surface area (Å²) in [4.78, 5) is 47.3. The fraction of sp³-hybridized carbons (Fsp3) is 0.447. The third kappa shape index (κ3) is 9.50. The molecule has 1 atom stereocenters. The number of carbonyl (C=O) groups excluding carboxylic acids is 2. The zero-order chi connectivity index (χ0) is 33.2. The number of aromatic nitrogens is 2. The second-order valence-corrected chi connectivity index (χ2v) is 12.9. The Labute approximate surface area is 277 Å². The molecule has 9 heteroatoms. The van der Waals surface area contributed by atoms with Gasteiger partial charge in [0.2, 0.25) is 11.8 Å². The first-order valence-corrected chi connectivity index (χ1v) is 16.8. The first kappa shape index (κ1) is 33.8. The minimum atomic E-state index is -1.13. The van der Waals surface area contributed by atoms with Crippen molar-refractivity contribution in [1.29, 1.82) is 0 Å². The number of hydrogen-bond acceptors (Lipinski definition) is 6. The van der Waals surface area contributed by atoms with Gasteiger partial charge < -0.3 is 20.1 Å². The van der Waals surface area contributed by atoms with Crippen molar-refractivity contribution in [3.8, 4) is 17.1 Å². The molecular weight excluding hydrogens is 592 g/mol. The van der Waals surface area contributed by atoms with Crippen LogP contribution in [0.4, 0.5) is 0 Å². The fourth-order valence-corrected chi connectivity index (χ4v) is 6.91. The lowest BCUT2D eigenvalue weighted by molar-refractivity contribution is -0.144. The van der Waals surface area contributed by atoms with Crippen LogP contribution in [-0.4, -0.2) is 58.0 Å². The number of nitrogens with one attached hydrogen (secondary N) is 1. The molecule has 0 aliphatic heterocycles. The summed E-state index contributed by atoms with van der Waals surface area (Å²) in [5.74, 6) is 1.98. The molecule has 5 rings (SSSR count). The summed E-state index contributed by atoms with van der Waals surface area (Å²) in [6, 6.07) is 14.5. The number of ether oxygens (including phenoxy) is 1. The third-order valence-corrected chi connectivity index (χ3v) is 9.83. The zero-order valence-corrected chi connectivity index (χ0v) is 27.5. The lowest BCUT2D eigenvalue weighted by atomic mass is 9.71. The van der Waals surface area contributed by atoms with Crippen LogP contribution in [0.2, 0.25) is 0 Å². The molecule has 2 amide bonds. The van der Waals surface area contributed by atoms with E-state index >= 15 is 0 Å². The summed E-state index contributed by atoms with van der Waals surface area (Å²) in [6.07, 6.45) is 16.7. The van der Waals surface area contributed by atoms with E-state index in [-0.39, 0.29) is 25.4 Å². The lowest BCUT2D eigenvalue weighted by Gasteiger charge is -2.35. The van der Waals surface area contributed by atoms with Crippen molar-refractivity contribution in [2.75, 3.05) is 20.2 Å². The highest BCUT2D eigenvalue weighted by Gasteiger charge is 2.28. The molecule has 2 aromatic carbocycles. The monoisotopic (exact) mass is 638 g/mol. The molecule has 2 aliphatic rings. The standard InChI is InChI=1S/C38H46N4O5/c1-3-26-4-10-29(11-5-26)30-14-16-31(17-15-30)33-21-40-38(41-22-33)32-12-6-28(7-13-32)24-42(25-37(45)46)36(44)23-39-35(43)20-27-8-18-34(47-2)19-9-27/h6-9,12-13,16,18-19,21-22,26,29-30H,3-5,10-11,14-15,17,20,23-25H2,1-2H3,(H,39,43)(H,45,46)/t26-,29-,30?. The van der Waals surface area contributed by atoms with Gasteiger partial charge in [-0.25, -0.2) is 9.97 Å². The van der Waals surface area contributed by atoms with Crippen LogP contribution in [0.25, 0.3) is 17.0 Å². The van der Waals surface area contributed by atoms with Crippen LogP contribution >= 0.6 is 0 Å². The molecule has 1 unspecified atom stereocenters. The molecule has 2 N–H and O–H groups in total. The van der Waals surface area contributed by atoms with Crippen LogP contribution in [0.5, 0.6) is 5.75 Å². The normalized spacial score (nSPS) is 19.4. The molecule has 2 aliphatic carbocycles. The number of benzene rings is 2. The van der Waals surface area contributed by atoms with Gasteiger partial charge in [-0.05, 0) is 78.7 Å². The van der Waals surface area contributed by atoms with E-state index in [4.69, 9.17) is 4.74 Å². The van der Waals surface area contributed by atoms with Gasteiger partial charge in [0.1, 0.15) is 12.3 Å². The number of carboxylic acid groups (broad SMARTS) is 1. The smallest absolute Gasteiger partial charge is 0.323 e. The molecule has 0 radical (unpaired) electrons. The number of nitrogens with zero attached hydrogens (tertiary/aromatic N) is 3. The van der Waals surface area contributed by atoms with Crippen molar-refractivity contribution < 1.29 is 24.2 Å². The van der Waals surface area contributed by atoms with Gasteiger partial charge in [-0.1, -0.05) is 68.7 Å². The number of rotatable bonds is 13. The van der Waals surface area contributed by atoms with Crippen molar-refractivity contribution in [1.82, 2.24) is 20.2 Å². The van der Waals surface area contributed by atoms with Gasteiger partial charge in [0.15, 0.2) is 5.82 Å². The second kappa shape index (κ2) is 16.3. The third-order valence-electron chi connectivity index (χ3n) is 9.83. The van der Waals surface area contributed by atoms with E-state index in [0.717, 1.165) is 52.8 Å². The Morgan fingerprint density at radius 2 is 1.57 bits per heavy atom. The lowest BCUT2D eigenvalue weighted by Crippen LogP contribution is -2.42. The Bertz CT molecular complexity index is 1530. The summed E-state index contributed by atoms with van der Waals surface area (Å²) in [5, 5.41) is 12.0. The Kier molecular flexibility index (Phi) is 11.8. The number of carbonyl (C=O) groups is 3. The van der Waals surface area contributed by atoms with Crippen molar-refractivity contribution in [2.24, 2.45) is 17.8 Å². The van der Waals surface area contributed by atoms with Crippen LogP contribution in [0.3, 0.4) is 0 Å². The Hall–Kier alpha value is -4.53. The molecule has 1 heterocycles. The summed E-state index contributed by atoms with van der Waals surface area (Å²) in [5.41, 5.74) is 4.79. The van der Waals surface area contributed by atoms with Gasteiger partial charge in [0.05, 0.1) is 20.1 Å². The van der Waals surface area contributed by atoms with Crippen molar-refractivity contribution in [3.05, 3.63) is 83.7 Å². The van der Waals surface area contributed by atoms with Gasteiger partial charge >= 0.3 is 5.97 Å². The largest absolute Gasteiger partial charge is 0.497 e. The molecule has 1 saturated carbocycles. The van der Waals surface area contributed by atoms with E-state index in [2.05, 4.69) is 28.3 Å². The van der Waals surface area contributed by atoms with Crippen molar-refractivity contribution in [3.63, 3.8) is 0 Å². The molecule has 248 valence electrons. The van der Waals surface area contributed by atoms with Gasteiger partial charge in [-0.15, -0.1) is 0 Å². The maximum atomic E-state index is 12.9. The highest BCUT2D eigenvalue weighted by Crippen LogP contribution is 2.41. The van der Waals surface area contributed by atoms with Gasteiger partial charge in [-0.3, -0.25) is 14.4 Å². The summed E-state index contributed by atoms with van der Waals surface area (Å²) in [7, 11) is 1.57. The van der Waals surface area contributed by atoms with E-state index in [0.29, 0.717) is 11.6 Å². The number of hydrogen-bond donors (Lipinski definition) is 2. The number of carboxylic acids is 1. The van der Waals surface area contributed by atoms with Crippen LogP contribution in [0, 0.1) is 17.8 Å². The first-order chi connectivity index (χ1) is 22.8. The van der Waals surface area contributed by atoms with E-state index < -0.39 is 18.4 Å². The zero-order valence-electron chi connectivity index (χ0n) is 27.5. The van der Waals surface area contributed by atoms with Gasteiger partial charge in [-0.2, -0.15) is 0 Å². The Morgan fingerprint density at radius 3 is 2.17 bits per heavy atom. The Balaban J connectivity index is 1.13. The highest BCUT2D eigenvalue weighted by molar-refractivity contribution is 5.87. The SMILES string of the molecule is CC[C@H]1CC[C@H](C2CC=C(c3cnc(-c4ccc(CN(CC(=O)O)C(=O)CNC(=O)Cc5ccc(OC)cc5)cc4)nc3)CC2)CC1. The van der Waals surface area contributed by atoms with Crippen LogP contribution in [0.15, 0.2) is 67.0 Å². The molecule has 0 spiro atoms. The molecule has 0 bridgehead atoms. The van der Waals surface area contributed by atoms with Gasteiger partial charge in [0, 0.05) is 30.1 Å². The van der Waals surface area contributed by atoms with Crippen LogP contribution in [-0.2, 0) is 27.3 Å². The van der Waals surface area contributed by atoms with E-state index in [1.165, 1.54) is 49.0 Å². The molecule has 1 aromatic heterocycles. The molecule has 3 aromatic rings. The van der Waals surface area contributed by atoms with E-state index in [1.54, 1.807) is 31.4 Å². The summed E-state index contributed by atoms with van der Waals surface area (Å²) in [6.45, 7) is 1.65. The molecular formula is C38H46N4O5. The van der Waals surface area contributed by atoms with E-state index in [1.807, 2.05) is 36.7 Å². The predicted octanol–water partition coefficient (Wildman–Crippen LogP) is 6.32. The van der Waals surface area contributed by atoms with Crippen molar-refractivity contribution >= 4 is 23.4 Å². The van der Waals surface area contributed by atoms with Gasteiger partial charge in [0.25, 0.3) is 0 Å². The van der Waals surface area contributed by atoms with E-state index in [9.17, 15) is 19.5 Å². The summed E-state index contributed by atoms with van der Waals surface area (Å²) < 4.78 is 5.13. The molecule has 0 saturated heterocycles. The minimum absolute atomic E-state index is 0.0920. The van der Waals surface area contributed by atoms with Crippen molar-refractivity contribution in [2.45, 2.75) is 71.3 Å². The Morgan fingerprint density at radius 1 is 0.894 bits per heavy atom. The average molecular weight is 639 g/mol. The molecule has 47 heavy (non-hydrogen) atoms. The molecule has 1 fully saturated rings. The number of allylic oxidation sites excluding steroid dienone is 2. The average Bonchev–Trinajstić information content (AvgIpc) is 3.11. The summed E-state index contributed by atoms with van der Waals surface area (Å²) >= 11 is 0.